The fourth-order valence-corrected chi connectivity index (χ4v) is 5.07. The van der Waals surface area contributed by atoms with Crippen LogP contribution in [0.2, 0.25) is 5.02 Å². The molecule has 1 aromatic carbocycles. The maximum absolute atomic E-state index is 13.8. The zero-order valence-electron chi connectivity index (χ0n) is 18.0. The van der Waals surface area contributed by atoms with Crippen LogP contribution in [-0.2, 0) is 26.4 Å². The molecule has 4 aliphatic rings. The van der Waals surface area contributed by atoms with Gasteiger partial charge in [-0.25, -0.2) is 9.07 Å². The number of ether oxygens (including phenoxy) is 3. The number of nitrogens with zero attached hydrogens (tertiary/aromatic N) is 3. The summed E-state index contributed by atoms with van der Waals surface area (Å²) in [6.07, 6.45) is -2.50. The SMILES string of the molecule is O=C1C[C@H](C(=O)NC23CC(n4cc(COCCOC(F)(F)F)nn4)(C2)C3)Oc2cc(F)c(Cl)cc21. The molecule has 6 rings (SSSR count). The van der Waals surface area contributed by atoms with Gasteiger partial charge < -0.3 is 14.8 Å². The number of amides is 1. The van der Waals surface area contributed by atoms with Crippen molar-refractivity contribution in [3.05, 3.63) is 40.4 Å². The fraction of sp³-hybridized carbons (Fsp3) is 0.524. The lowest BCUT2D eigenvalue weighted by molar-refractivity contribution is -0.327. The molecular weight excluding hydrogens is 500 g/mol. The number of aromatic nitrogens is 3. The van der Waals surface area contributed by atoms with Crippen LogP contribution < -0.4 is 10.1 Å². The van der Waals surface area contributed by atoms with Crippen LogP contribution in [0.4, 0.5) is 17.6 Å². The third-order valence-electron chi connectivity index (χ3n) is 6.42. The Bertz CT molecular complexity index is 1170. The van der Waals surface area contributed by atoms with Gasteiger partial charge in [-0.15, -0.1) is 18.3 Å². The molecule has 3 saturated carbocycles. The molecule has 3 fully saturated rings. The molecular formula is C21H19ClF4N4O5. The molecule has 35 heavy (non-hydrogen) atoms. The number of carbonyl (C=O) groups excluding carboxylic acids is 2. The molecule has 188 valence electrons. The average Bonchev–Trinajstić information content (AvgIpc) is 3.18. The summed E-state index contributed by atoms with van der Waals surface area (Å²) in [4.78, 5) is 25.2. The maximum Gasteiger partial charge on any atom is 0.522 e. The molecule has 2 heterocycles. The second kappa shape index (κ2) is 8.42. The standard InChI is InChI=1S/C21H19ClF4N4O5/c22-13-3-12-15(31)5-17(35-16(12)4-14(13)23)18(32)27-19-8-20(9-19,10-19)30-6-11(28-29-30)7-33-1-2-34-21(24,25)26/h3-4,6,17H,1-2,5,7-10H2,(H,27,32)/t17-,19?,20?/m1/s1. The quantitative estimate of drug-likeness (QED) is 0.423. The van der Waals surface area contributed by atoms with Crippen LogP contribution in [0.1, 0.15) is 41.7 Å². The van der Waals surface area contributed by atoms with Gasteiger partial charge in [0.25, 0.3) is 5.91 Å². The van der Waals surface area contributed by atoms with Crippen molar-refractivity contribution in [3.8, 4) is 5.75 Å². The summed E-state index contributed by atoms with van der Waals surface area (Å²) in [7, 11) is 0. The predicted molar refractivity (Wildman–Crippen MR) is 109 cm³/mol. The van der Waals surface area contributed by atoms with Crippen molar-refractivity contribution >= 4 is 23.3 Å². The Morgan fingerprint density at radius 2 is 2.03 bits per heavy atom. The van der Waals surface area contributed by atoms with Gasteiger partial charge in [0.1, 0.15) is 17.3 Å². The van der Waals surface area contributed by atoms with Crippen molar-refractivity contribution in [2.75, 3.05) is 13.2 Å². The second-order valence-corrected chi connectivity index (χ2v) is 9.43. The number of fused-ring (bicyclic) bond motifs is 1. The first-order valence-electron chi connectivity index (χ1n) is 10.7. The molecule has 0 unspecified atom stereocenters. The third kappa shape index (κ3) is 4.59. The van der Waals surface area contributed by atoms with Crippen molar-refractivity contribution in [2.45, 2.75) is 55.8 Å². The summed E-state index contributed by atoms with van der Waals surface area (Å²) < 4.78 is 65.6. The van der Waals surface area contributed by atoms with E-state index in [0.717, 1.165) is 6.07 Å². The number of carbonyl (C=O) groups is 2. The lowest BCUT2D eigenvalue weighted by Crippen LogP contribution is -2.79. The minimum atomic E-state index is -4.70. The fourth-order valence-electron chi connectivity index (χ4n) is 4.90. The van der Waals surface area contributed by atoms with Gasteiger partial charge in [0.15, 0.2) is 11.9 Å². The highest BCUT2D eigenvalue weighted by Gasteiger charge is 2.70. The van der Waals surface area contributed by atoms with Crippen molar-refractivity contribution in [2.24, 2.45) is 0 Å². The molecule has 14 heteroatoms. The summed E-state index contributed by atoms with van der Waals surface area (Å²) in [6.45, 7) is -0.879. The van der Waals surface area contributed by atoms with Crippen LogP contribution >= 0.6 is 11.6 Å². The van der Waals surface area contributed by atoms with E-state index < -0.39 is 36.3 Å². The molecule has 9 nitrogen and oxygen atoms in total. The van der Waals surface area contributed by atoms with E-state index in [-0.39, 0.29) is 47.3 Å². The Kier molecular flexibility index (Phi) is 5.76. The smallest absolute Gasteiger partial charge is 0.479 e. The van der Waals surface area contributed by atoms with Gasteiger partial charge in [-0.1, -0.05) is 16.8 Å². The van der Waals surface area contributed by atoms with E-state index >= 15 is 0 Å². The molecule has 0 radical (unpaired) electrons. The highest BCUT2D eigenvalue weighted by Crippen LogP contribution is 2.65. The lowest BCUT2D eigenvalue weighted by Gasteiger charge is -2.69. The van der Waals surface area contributed by atoms with Crippen LogP contribution in [-0.4, -0.2) is 57.9 Å². The highest BCUT2D eigenvalue weighted by atomic mass is 35.5. The Balaban J connectivity index is 1.11. The molecule has 2 aromatic rings. The highest BCUT2D eigenvalue weighted by molar-refractivity contribution is 6.31. The van der Waals surface area contributed by atoms with E-state index in [2.05, 4.69) is 20.4 Å². The number of benzene rings is 1. The van der Waals surface area contributed by atoms with Crippen LogP contribution in [0.5, 0.6) is 5.75 Å². The predicted octanol–water partition coefficient (Wildman–Crippen LogP) is 2.91. The average molecular weight is 519 g/mol. The minimum Gasteiger partial charge on any atom is -0.479 e. The minimum absolute atomic E-state index is 0.0142. The van der Waals surface area contributed by atoms with E-state index in [0.29, 0.717) is 25.0 Å². The first kappa shape index (κ1) is 23.9. The van der Waals surface area contributed by atoms with E-state index in [4.69, 9.17) is 21.1 Å². The maximum atomic E-state index is 13.8. The molecule has 0 saturated heterocycles. The van der Waals surface area contributed by atoms with Crippen molar-refractivity contribution in [1.82, 2.24) is 20.3 Å². The molecule has 3 aliphatic carbocycles. The van der Waals surface area contributed by atoms with Crippen molar-refractivity contribution in [3.63, 3.8) is 0 Å². The van der Waals surface area contributed by atoms with Crippen LogP contribution in [0.15, 0.2) is 18.3 Å². The number of Topliss-reactive ketones (excluding diaryl/α,β-unsaturated/α-hetero) is 1. The van der Waals surface area contributed by atoms with Gasteiger partial charge in [-0.3, -0.25) is 14.3 Å². The van der Waals surface area contributed by atoms with Crippen LogP contribution in [0.3, 0.4) is 0 Å². The largest absolute Gasteiger partial charge is 0.522 e. The third-order valence-corrected chi connectivity index (χ3v) is 6.71. The molecule has 1 aromatic heterocycles. The summed E-state index contributed by atoms with van der Waals surface area (Å²) in [5.41, 5.74) is -0.163. The molecule has 1 amide bonds. The van der Waals surface area contributed by atoms with Crippen LogP contribution in [0, 0.1) is 5.82 Å². The van der Waals surface area contributed by atoms with Gasteiger partial charge in [0, 0.05) is 11.6 Å². The van der Waals surface area contributed by atoms with E-state index in [1.807, 2.05) is 0 Å². The van der Waals surface area contributed by atoms with Gasteiger partial charge in [-0.2, -0.15) is 0 Å². The van der Waals surface area contributed by atoms with E-state index in [9.17, 15) is 27.2 Å². The Morgan fingerprint density at radius 1 is 1.29 bits per heavy atom. The van der Waals surface area contributed by atoms with E-state index in [1.165, 1.54) is 6.07 Å². The lowest BCUT2D eigenvalue weighted by atomic mass is 9.44. The number of nitrogens with one attached hydrogen (secondary N) is 1. The molecule has 1 atom stereocenters. The van der Waals surface area contributed by atoms with Crippen molar-refractivity contribution in [1.29, 1.82) is 0 Å². The van der Waals surface area contributed by atoms with E-state index in [1.54, 1.807) is 10.9 Å². The van der Waals surface area contributed by atoms with Gasteiger partial charge in [0.2, 0.25) is 0 Å². The molecule has 1 aliphatic heterocycles. The first-order chi connectivity index (χ1) is 16.5. The number of rotatable bonds is 8. The second-order valence-electron chi connectivity index (χ2n) is 9.02. The van der Waals surface area contributed by atoms with Gasteiger partial charge in [-0.05, 0) is 25.3 Å². The molecule has 1 N–H and O–H groups in total. The van der Waals surface area contributed by atoms with Gasteiger partial charge in [0.05, 0.1) is 48.6 Å². The number of ketones is 1. The molecule has 2 bridgehead atoms. The Morgan fingerprint density at radius 3 is 2.74 bits per heavy atom. The zero-order chi connectivity index (χ0) is 25.0. The van der Waals surface area contributed by atoms with Gasteiger partial charge >= 0.3 is 6.36 Å². The van der Waals surface area contributed by atoms with Crippen LogP contribution in [0.25, 0.3) is 0 Å². The number of hydrogen-bond donors (Lipinski definition) is 1. The number of alkyl halides is 3. The normalized spacial score (nSPS) is 26.9. The summed E-state index contributed by atoms with van der Waals surface area (Å²) >= 11 is 5.72. The number of halogens is 5. The topological polar surface area (TPSA) is 105 Å². The number of hydrogen-bond acceptors (Lipinski definition) is 7. The zero-order valence-corrected chi connectivity index (χ0v) is 18.8. The summed E-state index contributed by atoms with van der Waals surface area (Å²) in [5.74, 6) is -1.57. The first-order valence-corrected chi connectivity index (χ1v) is 11.1. The van der Waals surface area contributed by atoms with Crippen molar-refractivity contribution < 1.29 is 41.4 Å². The Hall–Kier alpha value is -2.77. The molecule has 0 spiro atoms. The monoisotopic (exact) mass is 518 g/mol. The Labute approximate surface area is 200 Å². The summed E-state index contributed by atoms with van der Waals surface area (Å²) in [5, 5.41) is 10.8. The summed E-state index contributed by atoms with van der Waals surface area (Å²) in [6, 6.07) is 2.20.